The third-order valence-corrected chi connectivity index (χ3v) is 4.75. The molecule has 0 amide bonds. The Kier molecular flexibility index (Phi) is 3.90. The summed E-state index contributed by atoms with van der Waals surface area (Å²) in [6.07, 6.45) is 2.29. The van der Waals surface area contributed by atoms with E-state index in [0.29, 0.717) is 24.4 Å². The topological polar surface area (TPSA) is 42.2 Å². The first kappa shape index (κ1) is 15.1. The molecule has 24 heavy (non-hydrogen) atoms. The minimum absolute atomic E-state index is 0.426. The first-order chi connectivity index (χ1) is 11.7. The molecule has 4 heteroatoms. The molecule has 2 aromatic carbocycles. The SMILES string of the molecule is Cc1cccc(-c2nnc(CN(C)C3CCc4ccccc43)o2)c1. The lowest BCUT2D eigenvalue weighted by atomic mass is 10.1. The van der Waals surface area contributed by atoms with E-state index in [0.717, 1.165) is 18.4 Å². The zero-order valence-electron chi connectivity index (χ0n) is 14.1. The third kappa shape index (κ3) is 2.85. The Bertz CT molecular complexity index is 855. The Morgan fingerprint density at radius 2 is 2.00 bits per heavy atom. The first-order valence-electron chi connectivity index (χ1n) is 8.38. The number of hydrogen-bond donors (Lipinski definition) is 0. The average molecular weight is 319 g/mol. The average Bonchev–Trinajstić information content (AvgIpc) is 3.21. The van der Waals surface area contributed by atoms with Crippen LogP contribution in [0.15, 0.2) is 52.9 Å². The maximum absolute atomic E-state index is 5.88. The van der Waals surface area contributed by atoms with Crippen molar-refractivity contribution in [1.82, 2.24) is 15.1 Å². The number of hydrogen-bond acceptors (Lipinski definition) is 4. The van der Waals surface area contributed by atoms with E-state index in [1.54, 1.807) is 0 Å². The standard InChI is InChI=1S/C20H21N3O/c1-14-6-5-8-16(12-14)20-22-21-19(24-20)13-23(2)18-11-10-15-7-3-4-9-17(15)18/h3-9,12,18H,10-11,13H2,1-2H3. The zero-order chi connectivity index (χ0) is 16.5. The second kappa shape index (κ2) is 6.21. The van der Waals surface area contributed by atoms with Crippen LogP contribution in [0.5, 0.6) is 0 Å². The number of nitrogens with zero attached hydrogens (tertiary/aromatic N) is 3. The summed E-state index contributed by atoms with van der Waals surface area (Å²) in [5.74, 6) is 1.26. The van der Waals surface area contributed by atoms with Crippen LogP contribution in [0.1, 0.15) is 35.0 Å². The molecule has 0 N–H and O–H groups in total. The predicted molar refractivity (Wildman–Crippen MR) is 93.4 cm³/mol. The molecule has 4 nitrogen and oxygen atoms in total. The summed E-state index contributed by atoms with van der Waals surface area (Å²) < 4.78 is 5.88. The molecular weight excluding hydrogens is 298 g/mol. The van der Waals surface area contributed by atoms with Gasteiger partial charge in [-0.1, -0.05) is 42.0 Å². The summed E-state index contributed by atoms with van der Waals surface area (Å²) >= 11 is 0. The molecule has 0 radical (unpaired) electrons. The van der Waals surface area contributed by atoms with Crippen molar-refractivity contribution in [2.75, 3.05) is 7.05 Å². The highest BCUT2D eigenvalue weighted by Crippen LogP contribution is 2.35. The van der Waals surface area contributed by atoms with E-state index in [1.807, 2.05) is 12.1 Å². The van der Waals surface area contributed by atoms with Crippen LogP contribution in [0.4, 0.5) is 0 Å². The molecule has 4 rings (SSSR count). The minimum atomic E-state index is 0.426. The fourth-order valence-electron chi connectivity index (χ4n) is 3.53. The molecule has 1 aliphatic rings. The van der Waals surface area contributed by atoms with E-state index in [-0.39, 0.29) is 0 Å². The van der Waals surface area contributed by atoms with Crippen molar-refractivity contribution in [3.63, 3.8) is 0 Å². The van der Waals surface area contributed by atoms with Crippen molar-refractivity contribution in [3.05, 3.63) is 71.1 Å². The maximum Gasteiger partial charge on any atom is 0.247 e. The first-order valence-corrected chi connectivity index (χ1v) is 8.38. The van der Waals surface area contributed by atoms with Crippen LogP contribution in [0.25, 0.3) is 11.5 Å². The largest absolute Gasteiger partial charge is 0.419 e. The molecular formula is C20H21N3O. The van der Waals surface area contributed by atoms with Crippen LogP contribution in [0.3, 0.4) is 0 Å². The van der Waals surface area contributed by atoms with E-state index >= 15 is 0 Å². The van der Waals surface area contributed by atoms with Gasteiger partial charge in [0.05, 0.1) is 6.54 Å². The Morgan fingerprint density at radius 3 is 2.88 bits per heavy atom. The molecule has 0 bridgehead atoms. The number of aromatic nitrogens is 2. The Hall–Kier alpha value is -2.46. The maximum atomic E-state index is 5.88. The molecule has 1 atom stereocenters. The van der Waals surface area contributed by atoms with Gasteiger partial charge in [0.2, 0.25) is 11.8 Å². The molecule has 1 heterocycles. The molecule has 3 aromatic rings. The van der Waals surface area contributed by atoms with E-state index in [1.165, 1.54) is 16.7 Å². The van der Waals surface area contributed by atoms with Gasteiger partial charge in [-0.3, -0.25) is 4.90 Å². The highest BCUT2D eigenvalue weighted by Gasteiger charge is 2.26. The van der Waals surface area contributed by atoms with Gasteiger partial charge in [0, 0.05) is 11.6 Å². The third-order valence-electron chi connectivity index (χ3n) is 4.75. The summed E-state index contributed by atoms with van der Waals surface area (Å²) in [6, 6.07) is 17.3. The van der Waals surface area contributed by atoms with Crippen LogP contribution in [0.2, 0.25) is 0 Å². The van der Waals surface area contributed by atoms with Crippen LogP contribution in [-0.4, -0.2) is 22.1 Å². The summed E-state index contributed by atoms with van der Waals surface area (Å²) in [4.78, 5) is 2.30. The highest BCUT2D eigenvalue weighted by atomic mass is 16.4. The second-order valence-corrected chi connectivity index (χ2v) is 6.54. The number of rotatable bonds is 4. The molecule has 0 aliphatic heterocycles. The van der Waals surface area contributed by atoms with Gasteiger partial charge in [-0.2, -0.15) is 0 Å². The molecule has 0 spiro atoms. The van der Waals surface area contributed by atoms with Gasteiger partial charge in [-0.25, -0.2) is 0 Å². The van der Waals surface area contributed by atoms with Crippen LogP contribution in [-0.2, 0) is 13.0 Å². The van der Waals surface area contributed by atoms with Crippen molar-refractivity contribution < 1.29 is 4.42 Å². The van der Waals surface area contributed by atoms with Gasteiger partial charge in [0.25, 0.3) is 0 Å². The molecule has 0 saturated carbocycles. The van der Waals surface area contributed by atoms with Crippen molar-refractivity contribution in [3.8, 4) is 11.5 Å². The Morgan fingerprint density at radius 1 is 1.12 bits per heavy atom. The zero-order valence-corrected chi connectivity index (χ0v) is 14.1. The quantitative estimate of drug-likeness (QED) is 0.724. The molecule has 1 aromatic heterocycles. The predicted octanol–water partition coefficient (Wildman–Crippen LogP) is 4.16. The normalized spacial score (nSPS) is 16.5. The minimum Gasteiger partial charge on any atom is -0.419 e. The molecule has 1 unspecified atom stereocenters. The molecule has 0 fully saturated rings. The lowest BCUT2D eigenvalue weighted by molar-refractivity contribution is 0.214. The number of fused-ring (bicyclic) bond motifs is 1. The molecule has 122 valence electrons. The number of benzene rings is 2. The van der Waals surface area contributed by atoms with Crippen molar-refractivity contribution in [1.29, 1.82) is 0 Å². The summed E-state index contributed by atoms with van der Waals surface area (Å²) in [5.41, 5.74) is 5.05. The van der Waals surface area contributed by atoms with Gasteiger partial charge in [0.15, 0.2) is 0 Å². The van der Waals surface area contributed by atoms with Gasteiger partial charge in [-0.15, -0.1) is 10.2 Å². The van der Waals surface area contributed by atoms with Crippen LogP contribution in [0, 0.1) is 6.92 Å². The van der Waals surface area contributed by atoms with Crippen LogP contribution >= 0.6 is 0 Å². The lowest BCUT2D eigenvalue weighted by Crippen LogP contribution is -2.22. The Balaban J connectivity index is 1.50. The van der Waals surface area contributed by atoms with Crippen LogP contribution < -0.4 is 0 Å². The van der Waals surface area contributed by atoms with Gasteiger partial charge in [0.1, 0.15) is 0 Å². The molecule has 0 saturated heterocycles. The van der Waals surface area contributed by atoms with Crippen molar-refractivity contribution in [2.45, 2.75) is 32.4 Å². The Labute approximate surface area is 142 Å². The van der Waals surface area contributed by atoms with Gasteiger partial charge in [-0.05, 0) is 50.1 Å². The van der Waals surface area contributed by atoms with E-state index in [4.69, 9.17) is 4.42 Å². The summed E-state index contributed by atoms with van der Waals surface area (Å²) in [6.45, 7) is 2.73. The van der Waals surface area contributed by atoms with E-state index in [9.17, 15) is 0 Å². The highest BCUT2D eigenvalue weighted by molar-refractivity contribution is 5.53. The summed E-state index contributed by atoms with van der Waals surface area (Å²) in [7, 11) is 2.13. The van der Waals surface area contributed by atoms with E-state index < -0.39 is 0 Å². The van der Waals surface area contributed by atoms with Gasteiger partial charge < -0.3 is 4.42 Å². The summed E-state index contributed by atoms with van der Waals surface area (Å²) in [5, 5.41) is 8.44. The monoisotopic (exact) mass is 319 g/mol. The van der Waals surface area contributed by atoms with Gasteiger partial charge >= 0.3 is 0 Å². The van der Waals surface area contributed by atoms with Crippen molar-refractivity contribution in [2.24, 2.45) is 0 Å². The number of aryl methyl sites for hydroxylation is 2. The smallest absolute Gasteiger partial charge is 0.247 e. The second-order valence-electron chi connectivity index (χ2n) is 6.54. The van der Waals surface area contributed by atoms with Crippen molar-refractivity contribution >= 4 is 0 Å². The fraction of sp³-hybridized carbons (Fsp3) is 0.300. The lowest BCUT2D eigenvalue weighted by Gasteiger charge is -2.23. The molecule has 1 aliphatic carbocycles. The fourth-order valence-corrected chi connectivity index (χ4v) is 3.53. The van der Waals surface area contributed by atoms with E-state index in [2.05, 4.69) is 65.5 Å².